The number of aromatic nitrogens is 5. The molecule has 1 amide bonds. The molecule has 29 heavy (non-hydrogen) atoms. The number of aromatic amines is 1. The number of aryl methyl sites for hydroxylation is 1. The van der Waals surface area contributed by atoms with E-state index in [-0.39, 0.29) is 17.8 Å². The van der Waals surface area contributed by atoms with E-state index in [0.717, 1.165) is 5.56 Å². The summed E-state index contributed by atoms with van der Waals surface area (Å²) in [5.74, 6) is -0.663. The Morgan fingerprint density at radius 3 is 2.79 bits per heavy atom. The minimum absolute atomic E-state index is 0.233. The van der Waals surface area contributed by atoms with Crippen LogP contribution >= 0.6 is 0 Å². The van der Waals surface area contributed by atoms with E-state index in [1.54, 1.807) is 23.1 Å². The average Bonchev–Trinajstić information content (AvgIpc) is 3.43. The molecule has 0 unspecified atom stereocenters. The van der Waals surface area contributed by atoms with Gasteiger partial charge in [0.15, 0.2) is 0 Å². The fourth-order valence-corrected chi connectivity index (χ4v) is 3.18. The SMILES string of the molecule is O=C(N[C@H](CCn1cncn1)c1ccccc1)c1cn[nH]c1-c1cccc(F)c1. The van der Waals surface area contributed by atoms with Gasteiger partial charge in [-0.2, -0.15) is 10.2 Å². The number of hydrogen-bond donors (Lipinski definition) is 2. The molecular formula is C21H19FN6O. The van der Waals surface area contributed by atoms with Gasteiger partial charge < -0.3 is 5.32 Å². The molecule has 0 aliphatic rings. The minimum Gasteiger partial charge on any atom is -0.345 e. The number of carbonyl (C=O) groups is 1. The Kier molecular flexibility index (Phi) is 5.42. The van der Waals surface area contributed by atoms with E-state index in [1.165, 1.54) is 24.7 Å². The zero-order valence-corrected chi connectivity index (χ0v) is 15.5. The smallest absolute Gasteiger partial charge is 0.255 e. The van der Waals surface area contributed by atoms with E-state index in [4.69, 9.17) is 0 Å². The standard InChI is InChI=1S/C21H19FN6O/c22-17-8-4-7-16(11-17)20-18(12-24-27-20)21(29)26-19(15-5-2-1-3-6-15)9-10-28-14-23-13-25-28/h1-8,11-14,19H,9-10H2,(H,24,27)(H,26,29)/t19-/m1/s1. The molecule has 146 valence electrons. The van der Waals surface area contributed by atoms with Crippen molar-refractivity contribution in [2.45, 2.75) is 19.0 Å². The van der Waals surface area contributed by atoms with Crippen LogP contribution in [0.1, 0.15) is 28.4 Å². The molecule has 0 fully saturated rings. The van der Waals surface area contributed by atoms with E-state index >= 15 is 0 Å². The molecule has 8 heteroatoms. The lowest BCUT2D eigenvalue weighted by Gasteiger charge is -2.19. The molecule has 7 nitrogen and oxygen atoms in total. The molecule has 0 saturated heterocycles. The largest absolute Gasteiger partial charge is 0.345 e. The summed E-state index contributed by atoms with van der Waals surface area (Å²) in [6.07, 6.45) is 5.20. The third kappa shape index (κ3) is 4.37. The second-order valence-corrected chi connectivity index (χ2v) is 6.55. The first-order valence-electron chi connectivity index (χ1n) is 9.18. The summed E-state index contributed by atoms with van der Waals surface area (Å²) in [6.45, 7) is 0.599. The van der Waals surface area contributed by atoms with Gasteiger partial charge in [-0.15, -0.1) is 0 Å². The van der Waals surface area contributed by atoms with Crippen LogP contribution < -0.4 is 5.32 Å². The first-order valence-corrected chi connectivity index (χ1v) is 9.18. The lowest BCUT2D eigenvalue weighted by Crippen LogP contribution is -2.29. The Balaban J connectivity index is 1.56. The maximum atomic E-state index is 13.6. The molecule has 2 heterocycles. The van der Waals surface area contributed by atoms with Crippen LogP contribution in [0.15, 0.2) is 73.4 Å². The van der Waals surface area contributed by atoms with E-state index < -0.39 is 0 Å². The van der Waals surface area contributed by atoms with Crippen LogP contribution in [0.25, 0.3) is 11.3 Å². The van der Waals surface area contributed by atoms with Crippen molar-refractivity contribution in [1.29, 1.82) is 0 Å². The van der Waals surface area contributed by atoms with Crippen LogP contribution in [0, 0.1) is 5.82 Å². The number of benzene rings is 2. The number of H-pyrrole nitrogens is 1. The van der Waals surface area contributed by atoms with Crippen molar-refractivity contribution in [2.75, 3.05) is 0 Å². The summed E-state index contributed by atoms with van der Waals surface area (Å²) in [4.78, 5) is 17.0. The Hall–Kier alpha value is -3.81. The first kappa shape index (κ1) is 18.5. The Labute approximate surface area is 166 Å². The van der Waals surface area contributed by atoms with Crippen LogP contribution in [0.3, 0.4) is 0 Å². The van der Waals surface area contributed by atoms with Gasteiger partial charge in [-0.25, -0.2) is 9.37 Å². The summed E-state index contributed by atoms with van der Waals surface area (Å²) in [5, 5.41) is 14.0. The second kappa shape index (κ2) is 8.47. The van der Waals surface area contributed by atoms with Gasteiger partial charge in [-0.3, -0.25) is 14.6 Å². The minimum atomic E-state index is -0.376. The monoisotopic (exact) mass is 390 g/mol. The van der Waals surface area contributed by atoms with Crippen LogP contribution in [0.5, 0.6) is 0 Å². The highest BCUT2D eigenvalue weighted by Crippen LogP contribution is 2.24. The maximum Gasteiger partial charge on any atom is 0.255 e. The van der Waals surface area contributed by atoms with Gasteiger partial charge in [-0.1, -0.05) is 42.5 Å². The summed E-state index contributed by atoms with van der Waals surface area (Å²) in [5.41, 5.74) is 2.38. The van der Waals surface area contributed by atoms with E-state index in [1.807, 2.05) is 30.3 Å². The quantitative estimate of drug-likeness (QED) is 0.506. The van der Waals surface area contributed by atoms with Crippen LogP contribution in [0.4, 0.5) is 4.39 Å². The van der Waals surface area contributed by atoms with Crippen LogP contribution in [-0.4, -0.2) is 30.9 Å². The zero-order valence-electron chi connectivity index (χ0n) is 15.5. The van der Waals surface area contributed by atoms with Crippen molar-refractivity contribution in [1.82, 2.24) is 30.3 Å². The molecule has 1 atom stereocenters. The van der Waals surface area contributed by atoms with Crippen LogP contribution in [0.2, 0.25) is 0 Å². The third-order valence-electron chi connectivity index (χ3n) is 4.62. The molecule has 0 bridgehead atoms. The zero-order chi connectivity index (χ0) is 20.1. The number of hydrogen-bond acceptors (Lipinski definition) is 4. The molecule has 0 radical (unpaired) electrons. The molecule has 4 aromatic rings. The number of carbonyl (C=O) groups excluding carboxylic acids is 1. The highest BCUT2D eigenvalue weighted by Gasteiger charge is 2.20. The van der Waals surface area contributed by atoms with Crippen molar-refractivity contribution in [3.05, 3.63) is 90.4 Å². The topological polar surface area (TPSA) is 88.5 Å². The normalized spacial score (nSPS) is 11.9. The lowest BCUT2D eigenvalue weighted by atomic mass is 10.0. The number of nitrogens with one attached hydrogen (secondary N) is 2. The van der Waals surface area contributed by atoms with Crippen molar-refractivity contribution in [3.8, 4) is 11.3 Å². The summed E-state index contributed by atoms with van der Waals surface area (Å²) in [7, 11) is 0. The maximum absolute atomic E-state index is 13.6. The molecular weight excluding hydrogens is 371 g/mol. The fourth-order valence-electron chi connectivity index (χ4n) is 3.18. The lowest BCUT2D eigenvalue weighted by molar-refractivity contribution is 0.0934. The van der Waals surface area contributed by atoms with Crippen LogP contribution in [-0.2, 0) is 6.54 Å². The van der Waals surface area contributed by atoms with Crippen molar-refractivity contribution >= 4 is 5.91 Å². The van der Waals surface area contributed by atoms with Gasteiger partial charge in [0.2, 0.25) is 0 Å². The summed E-state index contributed by atoms with van der Waals surface area (Å²) < 4.78 is 15.3. The number of amides is 1. The number of halogens is 1. The van der Waals surface area contributed by atoms with Gasteiger partial charge in [-0.05, 0) is 24.1 Å². The van der Waals surface area contributed by atoms with Gasteiger partial charge in [0.05, 0.1) is 23.5 Å². The molecule has 0 aliphatic heterocycles. The molecule has 0 spiro atoms. The average molecular weight is 390 g/mol. The van der Waals surface area contributed by atoms with Gasteiger partial charge in [0.1, 0.15) is 18.5 Å². The Bertz CT molecular complexity index is 1080. The predicted molar refractivity (Wildman–Crippen MR) is 105 cm³/mol. The number of nitrogens with zero attached hydrogens (tertiary/aromatic N) is 4. The van der Waals surface area contributed by atoms with Crippen molar-refractivity contribution in [2.24, 2.45) is 0 Å². The second-order valence-electron chi connectivity index (χ2n) is 6.55. The van der Waals surface area contributed by atoms with E-state index in [9.17, 15) is 9.18 Å². The van der Waals surface area contributed by atoms with Gasteiger partial charge >= 0.3 is 0 Å². The van der Waals surface area contributed by atoms with Crippen molar-refractivity contribution < 1.29 is 9.18 Å². The molecule has 0 aliphatic carbocycles. The molecule has 4 rings (SSSR count). The molecule has 2 N–H and O–H groups in total. The highest BCUT2D eigenvalue weighted by molar-refractivity contribution is 5.99. The predicted octanol–water partition coefficient (Wildman–Crippen LogP) is 3.37. The van der Waals surface area contributed by atoms with E-state index in [2.05, 4.69) is 25.6 Å². The summed E-state index contributed by atoms with van der Waals surface area (Å²) >= 11 is 0. The van der Waals surface area contributed by atoms with Crippen molar-refractivity contribution in [3.63, 3.8) is 0 Å². The molecule has 2 aromatic heterocycles. The first-order chi connectivity index (χ1) is 14.2. The van der Waals surface area contributed by atoms with Gasteiger partial charge in [0, 0.05) is 12.1 Å². The number of rotatable bonds is 7. The molecule has 0 saturated carbocycles. The highest BCUT2D eigenvalue weighted by atomic mass is 19.1. The fraction of sp³-hybridized carbons (Fsp3) is 0.143. The molecule has 2 aromatic carbocycles. The third-order valence-corrected chi connectivity index (χ3v) is 4.62. The van der Waals surface area contributed by atoms with E-state index in [0.29, 0.717) is 29.8 Å². The van der Waals surface area contributed by atoms with Gasteiger partial charge in [0.25, 0.3) is 5.91 Å². The summed E-state index contributed by atoms with van der Waals surface area (Å²) in [6, 6.07) is 15.5. The Morgan fingerprint density at radius 2 is 2.03 bits per heavy atom. The Morgan fingerprint density at radius 1 is 1.17 bits per heavy atom.